The molecule has 0 heterocycles. The van der Waals surface area contributed by atoms with Gasteiger partial charge in [-0.1, -0.05) is 13.8 Å². The average molecular weight is 344 g/mol. The van der Waals surface area contributed by atoms with Gasteiger partial charge in [0.2, 0.25) is 11.8 Å². The van der Waals surface area contributed by atoms with Crippen molar-refractivity contribution in [2.75, 3.05) is 13.1 Å². The van der Waals surface area contributed by atoms with Crippen LogP contribution < -0.4 is 27.8 Å². The summed E-state index contributed by atoms with van der Waals surface area (Å²) in [4.78, 5) is 38.3. The molecule has 2 atom stereocenters. The number of carbonyl (C=O) groups is 3. The molecule has 0 spiro atoms. The highest BCUT2D eigenvalue weighted by Crippen LogP contribution is 2.04. The van der Waals surface area contributed by atoms with Crippen LogP contribution in [0.15, 0.2) is 4.99 Å². The molecular formula is C14H28N6O4. The van der Waals surface area contributed by atoms with Crippen LogP contribution in [0.2, 0.25) is 0 Å². The molecule has 0 aromatic carbocycles. The van der Waals surface area contributed by atoms with Gasteiger partial charge < -0.3 is 32.9 Å². The molecule has 0 radical (unpaired) electrons. The lowest BCUT2D eigenvalue weighted by Gasteiger charge is -2.17. The van der Waals surface area contributed by atoms with Gasteiger partial charge in [0.05, 0.1) is 12.6 Å². The number of hydrogen-bond acceptors (Lipinski definition) is 5. The van der Waals surface area contributed by atoms with Crippen molar-refractivity contribution < 1.29 is 19.5 Å². The summed E-state index contributed by atoms with van der Waals surface area (Å²) in [6.07, 6.45) is 1.18. The van der Waals surface area contributed by atoms with E-state index in [2.05, 4.69) is 15.6 Å². The van der Waals surface area contributed by atoms with E-state index in [1.54, 1.807) is 0 Å². The van der Waals surface area contributed by atoms with E-state index in [9.17, 15) is 14.4 Å². The second kappa shape index (κ2) is 11.2. The second-order valence-corrected chi connectivity index (χ2v) is 5.86. The Balaban J connectivity index is 4.17. The monoisotopic (exact) mass is 344 g/mol. The van der Waals surface area contributed by atoms with Gasteiger partial charge in [0, 0.05) is 6.54 Å². The van der Waals surface area contributed by atoms with Crippen LogP contribution in [0.4, 0.5) is 0 Å². The lowest BCUT2D eigenvalue weighted by atomic mass is 10.0. The van der Waals surface area contributed by atoms with Crippen LogP contribution in [0.3, 0.4) is 0 Å². The summed E-state index contributed by atoms with van der Waals surface area (Å²) in [6.45, 7) is 3.73. The molecule has 0 aliphatic rings. The van der Waals surface area contributed by atoms with Crippen molar-refractivity contribution in [2.45, 2.75) is 45.2 Å². The summed E-state index contributed by atoms with van der Waals surface area (Å²) < 4.78 is 0. The SMILES string of the molecule is CC(C)CC(NC(=O)CNC(=O)C(N)CCCN=C(N)N)C(=O)O. The first-order valence-corrected chi connectivity index (χ1v) is 7.74. The predicted octanol–water partition coefficient (Wildman–Crippen LogP) is -1.90. The van der Waals surface area contributed by atoms with Gasteiger partial charge in [0.25, 0.3) is 0 Å². The van der Waals surface area contributed by atoms with Crippen LogP contribution in [-0.4, -0.2) is 54.0 Å². The van der Waals surface area contributed by atoms with Crippen molar-refractivity contribution >= 4 is 23.7 Å². The zero-order chi connectivity index (χ0) is 18.7. The Morgan fingerprint density at radius 2 is 1.83 bits per heavy atom. The number of rotatable bonds is 11. The highest BCUT2D eigenvalue weighted by atomic mass is 16.4. The third-order valence-electron chi connectivity index (χ3n) is 3.07. The van der Waals surface area contributed by atoms with Gasteiger partial charge in [-0.2, -0.15) is 0 Å². The van der Waals surface area contributed by atoms with Crippen LogP contribution in [0, 0.1) is 5.92 Å². The van der Waals surface area contributed by atoms with E-state index in [1.807, 2.05) is 13.8 Å². The first-order chi connectivity index (χ1) is 11.1. The van der Waals surface area contributed by atoms with Gasteiger partial charge in [-0.05, 0) is 25.2 Å². The molecule has 0 rings (SSSR count). The fraction of sp³-hybridized carbons (Fsp3) is 0.714. The van der Waals surface area contributed by atoms with Gasteiger partial charge >= 0.3 is 5.97 Å². The summed E-state index contributed by atoms with van der Waals surface area (Å²) in [5.74, 6) is -2.10. The molecule has 10 heteroatoms. The van der Waals surface area contributed by atoms with Crippen molar-refractivity contribution in [1.29, 1.82) is 0 Å². The maximum absolute atomic E-state index is 11.8. The molecule has 0 aromatic heterocycles. The van der Waals surface area contributed by atoms with Crippen LogP contribution in [0.1, 0.15) is 33.1 Å². The summed E-state index contributed by atoms with van der Waals surface area (Å²) in [5, 5.41) is 13.8. The number of nitrogens with zero attached hydrogens (tertiary/aromatic N) is 1. The summed E-state index contributed by atoms with van der Waals surface area (Å²) >= 11 is 0. The zero-order valence-corrected chi connectivity index (χ0v) is 14.1. The molecule has 0 saturated heterocycles. The molecule has 0 aromatic rings. The van der Waals surface area contributed by atoms with Crippen LogP contribution in [0.25, 0.3) is 0 Å². The van der Waals surface area contributed by atoms with Gasteiger partial charge in [0.15, 0.2) is 5.96 Å². The number of nitrogens with two attached hydrogens (primary N) is 3. The van der Waals surface area contributed by atoms with E-state index >= 15 is 0 Å². The Bertz CT molecular complexity index is 462. The quantitative estimate of drug-likeness (QED) is 0.143. The van der Waals surface area contributed by atoms with Crippen LogP contribution in [-0.2, 0) is 14.4 Å². The standard InChI is InChI=1S/C14H28N6O4/c1-8(2)6-10(13(23)24)20-11(21)7-19-12(22)9(15)4-3-5-18-14(16)17/h8-10H,3-7,15H2,1-2H3,(H,19,22)(H,20,21)(H,23,24)(H4,16,17,18). The summed E-state index contributed by atoms with van der Waals surface area (Å²) in [5.41, 5.74) is 16.0. The minimum atomic E-state index is -1.11. The third kappa shape index (κ3) is 10.4. The Morgan fingerprint density at radius 3 is 2.33 bits per heavy atom. The van der Waals surface area contributed by atoms with Crippen molar-refractivity contribution in [2.24, 2.45) is 28.1 Å². The van der Waals surface area contributed by atoms with E-state index in [-0.39, 0.29) is 18.4 Å². The highest BCUT2D eigenvalue weighted by Gasteiger charge is 2.21. The predicted molar refractivity (Wildman–Crippen MR) is 89.9 cm³/mol. The largest absolute Gasteiger partial charge is 0.480 e. The summed E-state index contributed by atoms with van der Waals surface area (Å²) in [7, 11) is 0. The molecule has 0 aliphatic carbocycles. The molecule has 0 bridgehead atoms. The molecule has 2 amide bonds. The van der Waals surface area contributed by atoms with Crippen molar-refractivity contribution in [3.05, 3.63) is 0 Å². The maximum atomic E-state index is 11.8. The van der Waals surface area contributed by atoms with E-state index in [0.717, 1.165) is 0 Å². The molecule has 0 saturated carbocycles. The molecule has 10 nitrogen and oxygen atoms in total. The molecule has 24 heavy (non-hydrogen) atoms. The number of aliphatic carboxylic acids is 1. The Hall–Kier alpha value is -2.36. The zero-order valence-electron chi connectivity index (χ0n) is 14.1. The fourth-order valence-corrected chi connectivity index (χ4v) is 1.89. The second-order valence-electron chi connectivity index (χ2n) is 5.86. The number of nitrogens with one attached hydrogen (secondary N) is 2. The number of carboxylic acid groups (broad SMARTS) is 1. The van der Waals surface area contributed by atoms with Crippen molar-refractivity contribution in [1.82, 2.24) is 10.6 Å². The molecule has 0 fully saturated rings. The number of aliphatic imine (C=N–C) groups is 1. The molecule has 138 valence electrons. The number of carbonyl (C=O) groups excluding carboxylic acids is 2. The maximum Gasteiger partial charge on any atom is 0.326 e. The van der Waals surface area contributed by atoms with E-state index in [0.29, 0.717) is 25.8 Å². The van der Waals surface area contributed by atoms with E-state index < -0.39 is 29.9 Å². The lowest BCUT2D eigenvalue weighted by Crippen LogP contribution is -2.48. The first-order valence-electron chi connectivity index (χ1n) is 7.74. The van der Waals surface area contributed by atoms with Crippen LogP contribution in [0.5, 0.6) is 0 Å². The summed E-state index contributed by atoms with van der Waals surface area (Å²) in [6, 6.07) is -1.78. The fourth-order valence-electron chi connectivity index (χ4n) is 1.89. The highest BCUT2D eigenvalue weighted by molar-refractivity contribution is 5.89. The number of amides is 2. The minimum absolute atomic E-state index is 0.0286. The van der Waals surface area contributed by atoms with Gasteiger partial charge in [-0.25, -0.2) is 4.79 Å². The lowest BCUT2D eigenvalue weighted by molar-refractivity contribution is -0.142. The van der Waals surface area contributed by atoms with Gasteiger partial charge in [-0.3, -0.25) is 14.6 Å². The smallest absolute Gasteiger partial charge is 0.326 e. The number of guanidine groups is 1. The normalized spacial score (nSPS) is 13.0. The first kappa shape index (κ1) is 21.6. The third-order valence-corrected chi connectivity index (χ3v) is 3.07. The van der Waals surface area contributed by atoms with E-state index in [4.69, 9.17) is 22.3 Å². The van der Waals surface area contributed by atoms with Gasteiger partial charge in [0.1, 0.15) is 6.04 Å². The number of carboxylic acids is 1. The van der Waals surface area contributed by atoms with Crippen molar-refractivity contribution in [3.63, 3.8) is 0 Å². The van der Waals surface area contributed by atoms with Gasteiger partial charge in [-0.15, -0.1) is 0 Å². The molecule has 9 N–H and O–H groups in total. The Kier molecular flexibility index (Phi) is 10.1. The Labute approximate surface area is 141 Å². The Morgan fingerprint density at radius 1 is 1.21 bits per heavy atom. The topological polar surface area (TPSA) is 186 Å². The minimum Gasteiger partial charge on any atom is -0.480 e. The van der Waals surface area contributed by atoms with E-state index in [1.165, 1.54) is 0 Å². The van der Waals surface area contributed by atoms with Crippen LogP contribution >= 0.6 is 0 Å². The van der Waals surface area contributed by atoms with Crippen molar-refractivity contribution in [3.8, 4) is 0 Å². The molecule has 0 aliphatic heterocycles. The molecular weight excluding hydrogens is 316 g/mol. The number of hydrogen-bond donors (Lipinski definition) is 6. The molecule has 2 unspecified atom stereocenters. The average Bonchev–Trinajstić information content (AvgIpc) is 2.47.